The standard InChI is InChI=1S/C16H29NO3S/c1-8-9-16(17-21(19)15(5,6)7)10-12(11-16)13(18)20-14(2,3)4/h8,12,17H,1,9-11H2,2-7H3. The molecule has 0 saturated heterocycles. The second-order valence-corrected chi connectivity index (χ2v) is 9.86. The third-order valence-electron chi connectivity index (χ3n) is 3.41. The quantitative estimate of drug-likeness (QED) is 0.626. The van der Waals surface area contributed by atoms with Crippen molar-refractivity contribution >= 4 is 17.0 Å². The lowest BCUT2D eigenvalue weighted by Gasteiger charge is -2.47. The summed E-state index contributed by atoms with van der Waals surface area (Å²) in [5.74, 6) is -0.279. The molecule has 1 atom stereocenters. The summed E-state index contributed by atoms with van der Waals surface area (Å²) in [5.41, 5.74) is -0.753. The number of hydrogen-bond acceptors (Lipinski definition) is 3. The fourth-order valence-electron chi connectivity index (χ4n) is 2.35. The van der Waals surface area contributed by atoms with E-state index in [9.17, 15) is 9.00 Å². The zero-order valence-corrected chi connectivity index (χ0v) is 14.9. The van der Waals surface area contributed by atoms with Gasteiger partial charge in [-0.25, -0.2) is 8.93 Å². The number of ether oxygens (including phenoxy) is 1. The Hall–Kier alpha value is -0.680. The SMILES string of the molecule is C=CCC1(NS(=O)C(C)(C)C)CC(C(=O)OC(C)(C)C)C1. The van der Waals surface area contributed by atoms with Gasteiger partial charge in [0.15, 0.2) is 0 Å². The predicted octanol–water partition coefficient (Wildman–Crippen LogP) is 3.10. The van der Waals surface area contributed by atoms with E-state index in [1.54, 1.807) is 0 Å². The molecule has 4 nitrogen and oxygen atoms in total. The maximum absolute atomic E-state index is 12.3. The highest BCUT2D eigenvalue weighted by Gasteiger charge is 2.49. The van der Waals surface area contributed by atoms with Crippen molar-refractivity contribution in [3.63, 3.8) is 0 Å². The van der Waals surface area contributed by atoms with Crippen molar-refractivity contribution in [3.8, 4) is 0 Å². The van der Waals surface area contributed by atoms with E-state index in [1.807, 2.05) is 47.6 Å². The molecular weight excluding hydrogens is 286 g/mol. The van der Waals surface area contributed by atoms with Crippen molar-refractivity contribution in [1.29, 1.82) is 0 Å². The summed E-state index contributed by atoms with van der Waals surface area (Å²) in [6.07, 6.45) is 3.82. The van der Waals surface area contributed by atoms with Gasteiger partial charge in [0.1, 0.15) is 5.60 Å². The average Bonchev–Trinajstić information content (AvgIpc) is 2.20. The Balaban J connectivity index is 2.66. The monoisotopic (exact) mass is 315 g/mol. The van der Waals surface area contributed by atoms with Gasteiger partial charge >= 0.3 is 5.97 Å². The van der Waals surface area contributed by atoms with Gasteiger partial charge in [-0.05, 0) is 60.8 Å². The normalized spacial score (nSPS) is 27.6. The fourth-order valence-corrected chi connectivity index (χ4v) is 3.30. The number of carbonyl (C=O) groups excluding carboxylic acids is 1. The molecule has 1 unspecified atom stereocenters. The number of carbonyl (C=O) groups is 1. The van der Waals surface area contributed by atoms with E-state index < -0.39 is 16.6 Å². The molecule has 0 aliphatic heterocycles. The second kappa shape index (κ2) is 6.21. The first-order valence-electron chi connectivity index (χ1n) is 7.42. The summed E-state index contributed by atoms with van der Waals surface area (Å²) in [5, 5.41) is 0. The maximum atomic E-state index is 12.3. The van der Waals surface area contributed by atoms with Crippen molar-refractivity contribution in [2.24, 2.45) is 5.92 Å². The molecule has 1 N–H and O–H groups in total. The van der Waals surface area contributed by atoms with Crippen LogP contribution in [0, 0.1) is 5.92 Å². The number of hydrogen-bond donors (Lipinski definition) is 1. The van der Waals surface area contributed by atoms with Crippen LogP contribution in [-0.2, 0) is 20.5 Å². The molecule has 122 valence electrons. The van der Waals surface area contributed by atoms with Crippen LogP contribution in [0.1, 0.15) is 60.8 Å². The molecule has 21 heavy (non-hydrogen) atoms. The van der Waals surface area contributed by atoms with Crippen molar-refractivity contribution in [2.75, 3.05) is 0 Å². The molecule has 1 aliphatic rings. The molecule has 0 amide bonds. The van der Waals surface area contributed by atoms with Gasteiger partial charge in [-0.15, -0.1) is 6.58 Å². The molecule has 5 heteroatoms. The van der Waals surface area contributed by atoms with Crippen molar-refractivity contribution < 1.29 is 13.7 Å². The Labute approximate surface area is 131 Å². The Morgan fingerprint density at radius 3 is 2.24 bits per heavy atom. The highest BCUT2D eigenvalue weighted by molar-refractivity contribution is 7.84. The summed E-state index contributed by atoms with van der Waals surface area (Å²) in [6, 6.07) is 0. The maximum Gasteiger partial charge on any atom is 0.309 e. The number of nitrogens with one attached hydrogen (secondary N) is 1. The van der Waals surface area contributed by atoms with Crippen molar-refractivity contribution in [1.82, 2.24) is 4.72 Å². The van der Waals surface area contributed by atoms with Gasteiger partial charge in [0.2, 0.25) is 0 Å². The van der Waals surface area contributed by atoms with Gasteiger partial charge < -0.3 is 4.74 Å². The van der Waals surface area contributed by atoms with E-state index in [4.69, 9.17) is 4.74 Å². The van der Waals surface area contributed by atoms with Gasteiger partial charge in [-0.2, -0.15) is 0 Å². The Bertz CT molecular complexity index is 426. The molecule has 1 aliphatic carbocycles. The predicted molar refractivity (Wildman–Crippen MR) is 87.1 cm³/mol. The first kappa shape index (κ1) is 18.4. The van der Waals surface area contributed by atoms with Gasteiger partial charge in [0, 0.05) is 5.54 Å². The fraction of sp³-hybridized carbons (Fsp3) is 0.812. The molecule has 0 spiro atoms. The second-order valence-electron chi connectivity index (χ2n) is 7.89. The number of esters is 1. The van der Waals surface area contributed by atoms with E-state index in [2.05, 4.69) is 11.3 Å². The number of rotatable bonds is 5. The van der Waals surface area contributed by atoms with E-state index in [1.165, 1.54) is 0 Å². The van der Waals surface area contributed by atoms with Crippen LogP contribution < -0.4 is 4.72 Å². The average molecular weight is 315 g/mol. The largest absolute Gasteiger partial charge is 0.460 e. The summed E-state index contributed by atoms with van der Waals surface area (Å²) in [7, 11) is -1.15. The molecule has 0 aromatic heterocycles. The highest BCUT2D eigenvalue weighted by atomic mass is 32.2. The minimum absolute atomic E-state index is 0.117. The molecule has 1 fully saturated rings. The van der Waals surface area contributed by atoms with Crippen LogP contribution in [0.5, 0.6) is 0 Å². The summed E-state index contributed by atoms with van der Waals surface area (Å²) >= 11 is 0. The molecule has 0 radical (unpaired) electrons. The summed E-state index contributed by atoms with van der Waals surface area (Å²) < 4.78 is 20.6. The van der Waals surface area contributed by atoms with Crippen LogP contribution in [0.15, 0.2) is 12.7 Å². The minimum Gasteiger partial charge on any atom is -0.460 e. The topological polar surface area (TPSA) is 55.4 Å². The summed E-state index contributed by atoms with van der Waals surface area (Å²) in [6.45, 7) is 15.2. The van der Waals surface area contributed by atoms with Crippen LogP contribution in [0.2, 0.25) is 0 Å². The van der Waals surface area contributed by atoms with Crippen LogP contribution >= 0.6 is 0 Å². The van der Waals surface area contributed by atoms with Gasteiger partial charge in [0.25, 0.3) is 0 Å². The zero-order chi connectivity index (χ0) is 16.5. The third kappa shape index (κ3) is 5.22. The van der Waals surface area contributed by atoms with E-state index in [-0.39, 0.29) is 22.2 Å². The molecular formula is C16H29NO3S. The minimum atomic E-state index is -1.15. The Morgan fingerprint density at radius 2 is 1.86 bits per heavy atom. The van der Waals surface area contributed by atoms with Gasteiger partial charge in [-0.1, -0.05) is 6.08 Å². The lowest BCUT2D eigenvalue weighted by molar-refractivity contribution is -0.165. The first-order valence-corrected chi connectivity index (χ1v) is 8.57. The Morgan fingerprint density at radius 1 is 1.33 bits per heavy atom. The van der Waals surface area contributed by atoms with E-state index in [0.29, 0.717) is 19.3 Å². The zero-order valence-electron chi connectivity index (χ0n) is 14.1. The van der Waals surface area contributed by atoms with Crippen LogP contribution in [0.4, 0.5) is 0 Å². The van der Waals surface area contributed by atoms with Gasteiger partial charge in [-0.3, -0.25) is 4.79 Å². The Kier molecular flexibility index (Phi) is 5.43. The molecule has 1 saturated carbocycles. The molecule has 0 heterocycles. The smallest absolute Gasteiger partial charge is 0.309 e. The van der Waals surface area contributed by atoms with Gasteiger partial charge in [0.05, 0.1) is 21.7 Å². The van der Waals surface area contributed by atoms with Crippen molar-refractivity contribution in [3.05, 3.63) is 12.7 Å². The van der Waals surface area contributed by atoms with Crippen LogP contribution in [0.25, 0.3) is 0 Å². The van der Waals surface area contributed by atoms with E-state index >= 15 is 0 Å². The lowest BCUT2D eigenvalue weighted by Crippen LogP contribution is -2.59. The molecule has 1 rings (SSSR count). The van der Waals surface area contributed by atoms with Crippen LogP contribution in [-0.4, -0.2) is 26.1 Å². The van der Waals surface area contributed by atoms with Crippen molar-refractivity contribution in [2.45, 2.75) is 76.7 Å². The summed E-state index contributed by atoms with van der Waals surface area (Å²) in [4.78, 5) is 12.1. The molecule has 0 aromatic rings. The van der Waals surface area contributed by atoms with Crippen LogP contribution in [0.3, 0.4) is 0 Å². The highest BCUT2D eigenvalue weighted by Crippen LogP contribution is 2.42. The molecule has 0 bridgehead atoms. The first-order chi connectivity index (χ1) is 9.38. The lowest BCUT2D eigenvalue weighted by atomic mass is 9.67. The molecule has 0 aromatic carbocycles. The third-order valence-corrected chi connectivity index (χ3v) is 5.15. The van der Waals surface area contributed by atoms with E-state index in [0.717, 1.165) is 0 Å².